The van der Waals surface area contributed by atoms with Crippen LogP contribution in [0.5, 0.6) is 0 Å². The van der Waals surface area contributed by atoms with Gasteiger partial charge in [0.15, 0.2) is 0 Å². The van der Waals surface area contributed by atoms with Gasteiger partial charge in [-0.3, -0.25) is 0 Å². The van der Waals surface area contributed by atoms with E-state index in [1.165, 1.54) is 18.2 Å². The van der Waals surface area contributed by atoms with Gasteiger partial charge in [-0.1, -0.05) is 106 Å². The normalized spacial score (nSPS) is 13.8. The van der Waals surface area contributed by atoms with E-state index >= 15 is 0 Å². The van der Waals surface area contributed by atoms with Gasteiger partial charge in [-0.05, 0) is 44.9 Å². The minimum absolute atomic E-state index is 0. The van der Waals surface area contributed by atoms with E-state index in [-0.39, 0.29) is 31.5 Å². The molecule has 6 rings (SSSR count). The topological polar surface area (TPSA) is 25.8 Å². The molecule has 0 spiro atoms. The summed E-state index contributed by atoms with van der Waals surface area (Å²) in [7, 11) is -1.75. The Kier molecular flexibility index (Phi) is 9.68. The molecule has 229 valence electrons. The zero-order chi connectivity index (χ0) is 34.5. The molecular weight excluding hydrogens is 748 g/mol. The Bertz CT molecular complexity index is 1980. The van der Waals surface area contributed by atoms with Crippen molar-refractivity contribution in [3.63, 3.8) is 0 Å². The van der Waals surface area contributed by atoms with Crippen molar-refractivity contribution in [2.45, 2.75) is 39.3 Å². The van der Waals surface area contributed by atoms with E-state index in [4.69, 9.17) is 4.11 Å². The first-order valence-electron chi connectivity index (χ1n) is 16.5. The van der Waals surface area contributed by atoms with Gasteiger partial charge in [0.2, 0.25) is 0 Å². The molecule has 2 aromatic heterocycles. The summed E-state index contributed by atoms with van der Waals surface area (Å²) in [6, 6.07) is 41.0. The number of nitrogens with zero attached hydrogens (tertiary/aromatic N) is 2. The largest absolute Gasteiger partial charge is 0.305 e. The fraction of sp³-hybridized carbons (Fsp3) is 0.150. The summed E-state index contributed by atoms with van der Waals surface area (Å²) in [5.41, 5.74) is 7.12. The van der Waals surface area contributed by atoms with Gasteiger partial charge < -0.3 is 9.97 Å². The molecule has 0 saturated carbocycles. The van der Waals surface area contributed by atoms with E-state index in [0.717, 1.165) is 38.7 Å². The van der Waals surface area contributed by atoms with Crippen LogP contribution in [0.3, 0.4) is 0 Å². The van der Waals surface area contributed by atoms with E-state index < -0.39 is 20.8 Å². The van der Waals surface area contributed by atoms with Crippen LogP contribution in [0.2, 0.25) is 19.6 Å². The zero-order valence-corrected chi connectivity index (χ0v) is 29.1. The van der Waals surface area contributed by atoms with Crippen LogP contribution in [-0.2, 0) is 20.1 Å². The summed E-state index contributed by atoms with van der Waals surface area (Å²) in [6.45, 7) is 6.54. The number of hydrogen-bond acceptors (Lipinski definition) is 2. The standard InChI is InChI=1S/C23H26NSi.C17H11FN.Ir/c1-17-11-13-20(14-12-17)22-15-21(23(16-24-22)25(3,4)5)18(2)19-9-7-6-8-10-19;18-16-8-4-7-15(11-16)17-12-14(9-10-19-17)13-5-2-1-3-6-13;/h6-13,15-16,18H,1-5H3;1-6,8-12H;/q2*-1;/i1D3,18D;;. The first-order valence-corrected chi connectivity index (χ1v) is 18.0. The molecule has 2 nitrogen and oxygen atoms in total. The van der Waals surface area contributed by atoms with Gasteiger partial charge >= 0.3 is 0 Å². The number of aromatic nitrogens is 2. The quantitative estimate of drug-likeness (QED) is 0.124. The number of rotatable bonds is 6. The zero-order valence-electron chi connectivity index (χ0n) is 29.7. The predicted molar refractivity (Wildman–Crippen MR) is 184 cm³/mol. The summed E-state index contributed by atoms with van der Waals surface area (Å²) in [5.74, 6) is -1.20. The van der Waals surface area contributed by atoms with E-state index in [1.54, 1.807) is 24.4 Å². The molecule has 0 aliphatic carbocycles. The first-order chi connectivity index (χ1) is 22.7. The molecule has 0 fully saturated rings. The first kappa shape index (κ1) is 28.5. The molecule has 1 atom stereocenters. The maximum absolute atomic E-state index is 13.2. The predicted octanol–water partition coefficient (Wildman–Crippen LogP) is 9.91. The van der Waals surface area contributed by atoms with Crippen LogP contribution in [0.15, 0.2) is 128 Å². The number of aryl methyl sites for hydroxylation is 1. The molecule has 6 aromatic rings. The molecule has 45 heavy (non-hydrogen) atoms. The third kappa shape index (κ3) is 8.79. The van der Waals surface area contributed by atoms with Gasteiger partial charge in [-0.25, -0.2) is 4.39 Å². The SMILES string of the molecule is Fc1cc[c-]c(-c2cc(-c3ccccc3)ccn2)c1.[2H]C([2H])([2H])c1c[c-]c(-c2cc(C([2H])(C)c3ccccc3)c([Si](C)(C)C)cn2)cc1.[Ir]. The maximum Gasteiger partial charge on any atom is 0.0799 e. The smallest absolute Gasteiger partial charge is 0.0799 e. The van der Waals surface area contributed by atoms with Crippen molar-refractivity contribution < 1.29 is 30.0 Å². The molecule has 0 aliphatic rings. The van der Waals surface area contributed by atoms with Gasteiger partial charge in [0, 0.05) is 49.7 Å². The third-order valence-corrected chi connectivity index (χ3v) is 9.33. The molecule has 1 unspecified atom stereocenters. The Morgan fingerprint density at radius 1 is 0.778 bits per heavy atom. The molecule has 0 bridgehead atoms. The summed E-state index contributed by atoms with van der Waals surface area (Å²) in [4.78, 5) is 8.93. The van der Waals surface area contributed by atoms with Crippen LogP contribution >= 0.6 is 0 Å². The average Bonchev–Trinajstić information content (AvgIpc) is 3.08. The van der Waals surface area contributed by atoms with Crippen LogP contribution in [-0.4, -0.2) is 18.0 Å². The summed E-state index contributed by atoms with van der Waals surface area (Å²) < 4.78 is 45.0. The molecule has 0 amide bonds. The van der Waals surface area contributed by atoms with Crippen LogP contribution in [0.25, 0.3) is 33.6 Å². The second-order valence-corrected chi connectivity index (χ2v) is 16.6. The second-order valence-electron chi connectivity index (χ2n) is 11.6. The van der Waals surface area contributed by atoms with Crippen molar-refractivity contribution in [1.82, 2.24) is 9.97 Å². The molecule has 5 heteroatoms. The summed E-state index contributed by atoms with van der Waals surface area (Å²) >= 11 is 0. The van der Waals surface area contributed by atoms with Crippen molar-refractivity contribution in [1.29, 1.82) is 0 Å². The van der Waals surface area contributed by atoms with Crippen LogP contribution in [0.1, 0.15) is 35.0 Å². The van der Waals surface area contributed by atoms with Crippen molar-refractivity contribution in [3.8, 4) is 33.6 Å². The summed E-state index contributed by atoms with van der Waals surface area (Å²) in [6.07, 6.45) is 3.63. The Morgan fingerprint density at radius 2 is 1.49 bits per heavy atom. The van der Waals surface area contributed by atoms with E-state index in [1.807, 2.05) is 92.0 Å². The molecule has 0 aliphatic heterocycles. The van der Waals surface area contributed by atoms with E-state index in [0.29, 0.717) is 11.3 Å². The summed E-state index contributed by atoms with van der Waals surface area (Å²) in [5, 5.41) is 1.15. The van der Waals surface area contributed by atoms with E-state index in [9.17, 15) is 5.76 Å². The number of hydrogen-bond donors (Lipinski definition) is 0. The van der Waals surface area contributed by atoms with Crippen molar-refractivity contribution in [2.24, 2.45) is 0 Å². The molecule has 0 saturated heterocycles. The molecule has 0 N–H and O–H groups in total. The van der Waals surface area contributed by atoms with Crippen molar-refractivity contribution >= 4 is 13.3 Å². The average molecular weight is 789 g/mol. The minimum atomic E-state index is -2.15. The van der Waals surface area contributed by atoms with Gasteiger partial charge in [0.25, 0.3) is 0 Å². The Balaban J connectivity index is 0.000000234. The van der Waals surface area contributed by atoms with E-state index in [2.05, 4.69) is 41.7 Å². The molecule has 4 aromatic carbocycles. The monoisotopic (exact) mass is 789 g/mol. The Hall–Kier alpha value is -4.02. The fourth-order valence-electron chi connectivity index (χ4n) is 4.91. The van der Waals surface area contributed by atoms with Crippen molar-refractivity contribution in [2.75, 3.05) is 0 Å². The number of pyridine rings is 2. The van der Waals surface area contributed by atoms with Crippen molar-refractivity contribution in [3.05, 3.63) is 162 Å². The Labute approximate surface area is 287 Å². The fourth-order valence-corrected chi connectivity index (χ4v) is 6.43. The molecule has 1 radical (unpaired) electrons. The third-order valence-electron chi connectivity index (χ3n) is 7.32. The van der Waals surface area contributed by atoms with Gasteiger partial charge in [0.05, 0.1) is 8.07 Å². The minimum Gasteiger partial charge on any atom is -0.305 e. The van der Waals surface area contributed by atoms with Gasteiger partial charge in [0.1, 0.15) is 0 Å². The number of benzene rings is 4. The van der Waals surface area contributed by atoms with Crippen LogP contribution < -0.4 is 5.19 Å². The molecular formula is C40H37FIrN2Si-2. The van der Waals surface area contributed by atoms with Gasteiger partial charge in [-0.15, -0.1) is 65.2 Å². The maximum atomic E-state index is 13.2. The van der Waals surface area contributed by atoms with Gasteiger partial charge in [-0.2, -0.15) is 0 Å². The second kappa shape index (κ2) is 15.3. The van der Waals surface area contributed by atoms with Crippen LogP contribution in [0.4, 0.5) is 4.39 Å². The van der Waals surface area contributed by atoms with Crippen LogP contribution in [0, 0.1) is 24.8 Å². The molecule has 2 heterocycles. The number of halogens is 1. The Morgan fingerprint density at radius 3 is 2.13 bits per heavy atom.